The first-order valence-electron chi connectivity index (χ1n) is 13.9. The average molecular weight is 598 g/mol. The van der Waals surface area contributed by atoms with Crippen LogP contribution >= 0.6 is 0 Å². The van der Waals surface area contributed by atoms with Gasteiger partial charge in [-0.1, -0.05) is 0 Å². The summed E-state index contributed by atoms with van der Waals surface area (Å²) in [6.07, 6.45) is 1.05. The monoisotopic (exact) mass is 597 g/mol. The van der Waals surface area contributed by atoms with E-state index in [2.05, 4.69) is 30.6 Å². The van der Waals surface area contributed by atoms with Crippen molar-refractivity contribution < 1.29 is 36.3 Å². The molecular formula is C27H32F5N7O3. The lowest BCUT2D eigenvalue weighted by Gasteiger charge is -2.33. The van der Waals surface area contributed by atoms with Crippen molar-refractivity contribution in [2.45, 2.75) is 82.8 Å². The van der Waals surface area contributed by atoms with E-state index in [1.165, 1.54) is 16.9 Å². The van der Waals surface area contributed by atoms with Gasteiger partial charge in [-0.3, -0.25) is 19.0 Å². The number of nitrogens with one attached hydrogen (secondary N) is 2. The maximum atomic E-state index is 14.0. The standard InChI is InChI=1S/C27H32F5N7O3/c1-15(2)39-20(7-10-33-39)25(41)37-24(17-5-8-26(28,29)9-6-17)19-13-38-21(35-19)11-18(12-34-38)23(16-3-4-16)36-22(40)14-42-27(30,31)32/h7,10-13,15-17,23-24H,3-6,8-9,14H2,1-2H3,(H,36,40)(H,37,41)/t23?,24-/m0/s1. The zero-order valence-corrected chi connectivity index (χ0v) is 23.1. The molecule has 3 aromatic rings. The summed E-state index contributed by atoms with van der Waals surface area (Å²) in [6, 6.07) is 1.91. The van der Waals surface area contributed by atoms with Crippen molar-refractivity contribution >= 4 is 17.5 Å². The first-order chi connectivity index (χ1) is 19.8. The SMILES string of the molecule is CC(C)n1nccc1C(=O)N[C@H](c1cn2ncc(C(NC(=O)COC(F)(F)F)C3CC3)cc2n1)C1CCC(F)(F)CC1. The highest BCUT2D eigenvalue weighted by molar-refractivity contribution is 5.92. The summed E-state index contributed by atoms with van der Waals surface area (Å²) in [4.78, 5) is 30.2. The third-order valence-corrected chi connectivity index (χ3v) is 7.73. The zero-order chi connectivity index (χ0) is 30.2. The Morgan fingerprint density at radius 2 is 1.76 bits per heavy atom. The molecule has 10 nitrogen and oxygen atoms in total. The van der Waals surface area contributed by atoms with E-state index in [-0.39, 0.29) is 43.6 Å². The molecule has 2 atom stereocenters. The fourth-order valence-corrected chi connectivity index (χ4v) is 5.45. The van der Waals surface area contributed by atoms with Crippen molar-refractivity contribution in [3.05, 3.63) is 47.7 Å². The Bertz CT molecular complexity index is 1420. The lowest BCUT2D eigenvalue weighted by molar-refractivity contribution is -0.321. The topological polar surface area (TPSA) is 115 Å². The maximum Gasteiger partial charge on any atom is 0.523 e. The van der Waals surface area contributed by atoms with E-state index < -0.39 is 42.8 Å². The predicted octanol–water partition coefficient (Wildman–Crippen LogP) is 4.91. The van der Waals surface area contributed by atoms with Crippen molar-refractivity contribution in [3.63, 3.8) is 0 Å². The molecule has 2 N–H and O–H groups in total. The van der Waals surface area contributed by atoms with Gasteiger partial charge in [-0.2, -0.15) is 10.2 Å². The Morgan fingerprint density at radius 1 is 1.07 bits per heavy atom. The number of hydrogen-bond donors (Lipinski definition) is 2. The van der Waals surface area contributed by atoms with Gasteiger partial charge in [-0.15, -0.1) is 13.2 Å². The molecule has 3 heterocycles. The Hall–Kier alpha value is -3.62. The number of aromatic nitrogens is 5. The van der Waals surface area contributed by atoms with Crippen LogP contribution in [-0.4, -0.2) is 55.1 Å². The highest BCUT2D eigenvalue weighted by Gasteiger charge is 2.40. The number of carbonyl (C=O) groups is 2. The summed E-state index contributed by atoms with van der Waals surface area (Å²) in [5.41, 5.74) is 1.70. The molecule has 2 aliphatic rings. The van der Waals surface area contributed by atoms with Crippen molar-refractivity contribution in [2.75, 3.05) is 6.61 Å². The first kappa shape index (κ1) is 29.9. The predicted molar refractivity (Wildman–Crippen MR) is 138 cm³/mol. The quantitative estimate of drug-likeness (QED) is 0.321. The van der Waals surface area contributed by atoms with Gasteiger partial charge in [-0.05, 0) is 69.1 Å². The van der Waals surface area contributed by atoms with Crippen molar-refractivity contribution in [1.82, 2.24) is 35.0 Å². The number of alkyl halides is 5. The molecule has 0 aromatic carbocycles. The number of nitrogens with zero attached hydrogens (tertiary/aromatic N) is 5. The third-order valence-electron chi connectivity index (χ3n) is 7.73. The largest absolute Gasteiger partial charge is 0.523 e. The number of hydrogen-bond acceptors (Lipinski definition) is 6. The molecule has 1 unspecified atom stereocenters. The van der Waals surface area contributed by atoms with E-state index in [4.69, 9.17) is 0 Å². The van der Waals surface area contributed by atoms with Crippen molar-refractivity contribution in [2.24, 2.45) is 11.8 Å². The van der Waals surface area contributed by atoms with Gasteiger partial charge in [0, 0.05) is 25.1 Å². The number of fused-ring (bicyclic) bond motifs is 1. The third kappa shape index (κ3) is 7.05. The van der Waals surface area contributed by atoms with Gasteiger partial charge in [0.1, 0.15) is 12.3 Å². The molecule has 2 aliphatic carbocycles. The van der Waals surface area contributed by atoms with E-state index in [1.54, 1.807) is 23.0 Å². The van der Waals surface area contributed by atoms with Crippen LogP contribution in [0.25, 0.3) is 5.65 Å². The average Bonchev–Trinajstić information content (AvgIpc) is 3.47. The van der Waals surface area contributed by atoms with E-state index in [0.717, 1.165) is 12.8 Å². The molecule has 0 spiro atoms. The number of carbonyl (C=O) groups excluding carboxylic acids is 2. The van der Waals surface area contributed by atoms with Crippen LogP contribution in [0.4, 0.5) is 22.0 Å². The maximum absolute atomic E-state index is 14.0. The molecule has 0 saturated heterocycles. The summed E-state index contributed by atoms with van der Waals surface area (Å²) < 4.78 is 71.9. The Kier molecular flexibility index (Phi) is 8.23. The number of imidazole rings is 1. The molecule has 5 rings (SSSR count). The Labute approximate surface area is 238 Å². The summed E-state index contributed by atoms with van der Waals surface area (Å²) >= 11 is 0. The zero-order valence-electron chi connectivity index (χ0n) is 23.1. The molecular weight excluding hydrogens is 565 g/mol. The van der Waals surface area contributed by atoms with Crippen LogP contribution in [0.1, 0.15) is 92.2 Å². The highest BCUT2D eigenvalue weighted by atomic mass is 19.4. The lowest BCUT2D eigenvalue weighted by atomic mass is 9.81. The second-order valence-electron chi connectivity index (χ2n) is 11.3. The van der Waals surface area contributed by atoms with Crippen LogP contribution in [0.3, 0.4) is 0 Å². The molecule has 15 heteroatoms. The van der Waals surface area contributed by atoms with Gasteiger partial charge in [0.15, 0.2) is 5.65 Å². The van der Waals surface area contributed by atoms with Crippen LogP contribution in [0.2, 0.25) is 0 Å². The summed E-state index contributed by atoms with van der Waals surface area (Å²) in [5, 5.41) is 14.2. The summed E-state index contributed by atoms with van der Waals surface area (Å²) in [5.74, 6) is -4.36. The minimum absolute atomic E-state index is 0.0280. The van der Waals surface area contributed by atoms with Crippen LogP contribution < -0.4 is 10.6 Å². The Balaban J connectivity index is 1.40. The van der Waals surface area contributed by atoms with E-state index in [1.807, 2.05) is 13.8 Å². The molecule has 42 heavy (non-hydrogen) atoms. The number of halogens is 5. The van der Waals surface area contributed by atoms with Crippen LogP contribution in [0.5, 0.6) is 0 Å². The second-order valence-corrected chi connectivity index (χ2v) is 11.3. The minimum Gasteiger partial charge on any atom is -0.347 e. The smallest absolute Gasteiger partial charge is 0.347 e. The summed E-state index contributed by atoms with van der Waals surface area (Å²) in [7, 11) is 0. The Morgan fingerprint density at radius 3 is 2.40 bits per heavy atom. The van der Waals surface area contributed by atoms with Gasteiger partial charge in [-0.25, -0.2) is 18.3 Å². The van der Waals surface area contributed by atoms with Gasteiger partial charge < -0.3 is 10.6 Å². The number of ether oxygens (including phenoxy) is 1. The van der Waals surface area contributed by atoms with Crippen LogP contribution in [0.15, 0.2) is 30.7 Å². The molecule has 0 radical (unpaired) electrons. The lowest BCUT2D eigenvalue weighted by Crippen LogP contribution is -2.38. The van der Waals surface area contributed by atoms with Crippen molar-refractivity contribution in [1.29, 1.82) is 0 Å². The van der Waals surface area contributed by atoms with Gasteiger partial charge >= 0.3 is 6.36 Å². The molecule has 3 aromatic heterocycles. The number of rotatable bonds is 10. The molecule has 0 aliphatic heterocycles. The fraction of sp³-hybridized carbons (Fsp3) is 0.593. The first-order valence-corrected chi connectivity index (χ1v) is 13.9. The van der Waals surface area contributed by atoms with Gasteiger partial charge in [0.05, 0.1) is 30.2 Å². The number of amides is 2. The molecule has 2 saturated carbocycles. The van der Waals surface area contributed by atoms with E-state index >= 15 is 0 Å². The minimum atomic E-state index is -4.92. The second kappa shape index (κ2) is 11.6. The van der Waals surface area contributed by atoms with E-state index in [0.29, 0.717) is 22.6 Å². The molecule has 2 amide bonds. The van der Waals surface area contributed by atoms with Gasteiger partial charge in [0.2, 0.25) is 11.8 Å². The fourth-order valence-electron chi connectivity index (χ4n) is 5.45. The van der Waals surface area contributed by atoms with Crippen LogP contribution in [0, 0.1) is 11.8 Å². The molecule has 0 bridgehead atoms. The normalized spacial score (nSPS) is 19.1. The highest BCUT2D eigenvalue weighted by Crippen LogP contribution is 2.43. The van der Waals surface area contributed by atoms with Gasteiger partial charge in [0.25, 0.3) is 5.91 Å². The van der Waals surface area contributed by atoms with Crippen molar-refractivity contribution in [3.8, 4) is 0 Å². The van der Waals surface area contributed by atoms with Crippen LogP contribution in [-0.2, 0) is 9.53 Å². The van der Waals surface area contributed by atoms with E-state index in [9.17, 15) is 31.5 Å². The molecule has 2 fully saturated rings. The molecule has 228 valence electrons. The summed E-state index contributed by atoms with van der Waals surface area (Å²) in [6.45, 7) is 2.61.